The number of fused-ring (bicyclic) bond motifs is 2. The molecule has 2 aromatic heterocycles. The number of benzene rings is 1. The number of anilines is 2. The second-order valence-corrected chi connectivity index (χ2v) is 11.1. The number of hydrogen-bond donors (Lipinski definition) is 0. The van der Waals surface area contributed by atoms with Crippen LogP contribution in [0.5, 0.6) is 0 Å². The number of carbonyl (C=O) groups is 1. The van der Waals surface area contributed by atoms with Crippen LogP contribution in [0.4, 0.5) is 12.0 Å². The lowest BCUT2D eigenvalue weighted by Crippen LogP contribution is -2.50. The molecule has 3 aromatic rings. The molecule has 1 amide bonds. The molecule has 0 bridgehead atoms. The van der Waals surface area contributed by atoms with E-state index in [9.17, 15) is 9.59 Å². The molecule has 192 valence electrons. The van der Waals surface area contributed by atoms with Crippen molar-refractivity contribution in [3.8, 4) is 0 Å². The third-order valence-corrected chi connectivity index (χ3v) is 8.81. The van der Waals surface area contributed by atoms with Crippen molar-refractivity contribution < 1.29 is 9.21 Å². The molecule has 37 heavy (non-hydrogen) atoms. The van der Waals surface area contributed by atoms with Crippen LogP contribution in [-0.4, -0.2) is 64.6 Å². The summed E-state index contributed by atoms with van der Waals surface area (Å²) in [5.41, 5.74) is 4.11. The largest absolute Gasteiger partial charge is 0.423 e. The molecular formula is C28H32N6O3. The minimum Gasteiger partial charge on any atom is -0.423 e. The lowest BCUT2D eigenvalue weighted by atomic mass is 9.68. The van der Waals surface area contributed by atoms with Crippen LogP contribution in [0.1, 0.15) is 53.7 Å². The van der Waals surface area contributed by atoms with Crippen LogP contribution in [0.3, 0.4) is 0 Å². The van der Waals surface area contributed by atoms with E-state index in [1.165, 1.54) is 25.7 Å². The van der Waals surface area contributed by atoms with Gasteiger partial charge in [0.2, 0.25) is 5.95 Å². The molecule has 1 aromatic carbocycles. The Morgan fingerprint density at radius 3 is 2.62 bits per heavy atom. The van der Waals surface area contributed by atoms with E-state index in [0.29, 0.717) is 60.3 Å². The smallest absolute Gasteiger partial charge is 0.298 e. The van der Waals surface area contributed by atoms with Crippen LogP contribution in [0.15, 0.2) is 33.5 Å². The summed E-state index contributed by atoms with van der Waals surface area (Å²) >= 11 is 0. The van der Waals surface area contributed by atoms with Crippen molar-refractivity contribution in [3.63, 3.8) is 0 Å². The molecule has 9 heteroatoms. The van der Waals surface area contributed by atoms with Crippen molar-refractivity contribution in [1.82, 2.24) is 19.4 Å². The SMILES string of the molecule is Cn1c(N2CCN(C(=O)c3ccc4nc(N5CCC6(CCC6)C5)oc4c3)CC2)nc2c(c1=O)C=CCC2. The number of aryl methyl sites for hydroxylation is 1. The van der Waals surface area contributed by atoms with Gasteiger partial charge in [0.15, 0.2) is 5.58 Å². The van der Waals surface area contributed by atoms with Gasteiger partial charge in [0.1, 0.15) is 5.52 Å². The summed E-state index contributed by atoms with van der Waals surface area (Å²) in [6.07, 6.45) is 10.8. The summed E-state index contributed by atoms with van der Waals surface area (Å²) in [6, 6.07) is 6.25. The van der Waals surface area contributed by atoms with Gasteiger partial charge in [-0.1, -0.05) is 18.6 Å². The Morgan fingerprint density at radius 1 is 1.03 bits per heavy atom. The summed E-state index contributed by atoms with van der Waals surface area (Å²) in [6.45, 7) is 4.42. The fraction of sp³-hybridized carbons (Fsp3) is 0.500. The van der Waals surface area contributed by atoms with Crippen molar-refractivity contribution >= 4 is 35.0 Å². The zero-order valence-electron chi connectivity index (χ0n) is 21.3. The van der Waals surface area contributed by atoms with Gasteiger partial charge in [-0.25, -0.2) is 4.98 Å². The molecule has 0 N–H and O–H groups in total. The van der Waals surface area contributed by atoms with Gasteiger partial charge in [-0.2, -0.15) is 4.98 Å². The molecular weight excluding hydrogens is 468 g/mol. The molecule has 4 heterocycles. The third kappa shape index (κ3) is 3.74. The molecule has 1 saturated carbocycles. The number of rotatable bonds is 3. The van der Waals surface area contributed by atoms with E-state index in [0.717, 1.165) is 37.1 Å². The number of hydrogen-bond acceptors (Lipinski definition) is 7. The van der Waals surface area contributed by atoms with Crippen LogP contribution < -0.4 is 15.4 Å². The molecule has 0 atom stereocenters. The maximum atomic E-state index is 13.4. The normalized spacial score (nSPS) is 20.5. The van der Waals surface area contributed by atoms with E-state index < -0.39 is 0 Å². The molecule has 0 unspecified atom stereocenters. The van der Waals surface area contributed by atoms with E-state index >= 15 is 0 Å². The van der Waals surface area contributed by atoms with Gasteiger partial charge in [0.05, 0.1) is 11.3 Å². The Morgan fingerprint density at radius 2 is 1.86 bits per heavy atom. The van der Waals surface area contributed by atoms with E-state index in [1.807, 2.05) is 35.3 Å². The van der Waals surface area contributed by atoms with Gasteiger partial charge < -0.3 is 19.1 Å². The van der Waals surface area contributed by atoms with E-state index in [4.69, 9.17) is 14.4 Å². The number of allylic oxidation sites excluding steroid dienone is 1. The summed E-state index contributed by atoms with van der Waals surface area (Å²) in [7, 11) is 1.78. The Hall–Kier alpha value is -3.62. The lowest BCUT2D eigenvalue weighted by molar-refractivity contribution is 0.0746. The van der Waals surface area contributed by atoms with Crippen molar-refractivity contribution in [1.29, 1.82) is 0 Å². The van der Waals surface area contributed by atoms with Crippen molar-refractivity contribution in [2.24, 2.45) is 12.5 Å². The molecule has 7 rings (SSSR count). The van der Waals surface area contributed by atoms with Crippen molar-refractivity contribution in [3.05, 3.63) is 51.4 Å². The first-order chi connectivity index (χ1) is 18.0. The number of nitrogens with zero attached hydrogens (tertiary/aromatic N) is 6. The van der Waals surface area contributed by atoms with Crippen LogP contribution in [-0.2, 0) is 13.5 Å². The minimum absolute atomic E-state index is 0.00785. The molecule has 0 radical (unpaired) electrons. The van der Waals surface area contributed by atoms with E-state index in [-0.39, 0.29) is 11.5 Å². The standard InChI is InChI=1S/C28H32N6O3/c1-31-25(36)20-5-2-3-6-21(20)29-26(31)33-15-13-32(14-16-33)24(35)19-7-8-22-23(17-19)37-27(30-22)34-12-11-28(18-34)9-4-10-28/h2,5,7-8,17H,3-4,6,9-16,18H2,1H3. The van der Waals surface area contributed by atoms with Crippen molar-refractivity contribution in [2.75, 3.05) is 49.1 Å². The number of piperazine rings is 1. The summed E-state index contributed by atoms with van der Waals surface area (Å²) < 4.78 is 7.76. The highest BCUT2D eigenvalue weighted by atomic mass is 16.4. The molecule has 4 aliphatic rings. The Balaban J connectivity index is 1.05. The van der Waals surface area contributed by atoms with E-state index in [2.05, 4.69) is 9.80 Å². The molecule has 2 aliphatic heterocycles. The molecule has 1 spiro atoms. The predicted molar refractivity (Wildman–Crippen MR) is 142 cm³/mol. The van der Waals surface area contributed by atoms with Gasteiger partial charge in [0, 0.05) is 51.9 Å². The van der Waals surface area contributed by atoms with Crippen LogP contribution in [0, 0.1) is 5.41 Å². The zero-order chi connectivity index (χ0) is 25.1. The minimum atomic E-state index is -0.00836. The number of oxazole rings is 1. The maximum Gasteiger partial charge on any atom is 0.298 e. The highest BCUT2D eigenvalue weighted by molar-refractivity contribution is 5.97. The number of amides is 1. The van der Waals surface area contributed by atoms with Gasteiger partial charge in [-0.05, 0) is 55.7 Å². The van der Waals surface area contributed by atoms with Gasteiger partial charge in [-0.3, -0.25) is 14.2 Å². The van der Waals surface area contributed by atoms with Crippen LogP contribution in [0.2, 0.25) is 0 Å². The average Bonchev–Trinajstić information content (AvgIpc) is 3.55. The fourth-order valence-corrected chi connectivity index (χ4v) is 6.37. The lowest BCUT2D eigenvalue weighted by Gasteiger charge is -2.37. The second-order valence-electron chi connectivity index (χ2n) is 11.1. The Labute approximate surface area is 215 Å². The van der Waals surface area contributed by atoms with Gasteiger partial charge in [0.25, 0.3) is 17.5 Å². The highest BCUT2D eigenvalue weighted by Gasteiger charge is 2.44. The first-order valence-electron chi connectivity index (χ1n) is 13.5. The van der Waals surface area contributed by atoms with Crippen molar-refractivity contribution in [2.45, 2.75) is 38.5 Å². The Kier molecular flexibility index (Phi) is 5.16. The van der Waals surface area contributed by atoms with Gasteiger partial charge >= 0.3 is 0 Å². The van der Waals surface area contributed by atoms with Gasteiger partial charge in [-0.15, -0.1) is 0 Å². The average molecular weight is 501 g/mol. The van der Waals surface area contributed by atoms with Crippen LogP contribution in [0.25, 0.3) is 17.2 Å². The topological polar surface area (TPSA) is 87.7 Å². The Bertz CT molecular complexity index is 1480. The molecule has 9 nitrogen and oxygen atoms in total. The summed E-state index contributed by atoms with van der Waals surface area (Å²) in [5.74, 6) is 0.680. The second kappa shape index (κ2) is 8.46. The zero-order valence-corrected chi connectivity index (χ0v) is 21.3. The fourth-order valence-electron chi connectivity index (χ4n) is 6.37. The maximum absolute atomic E-state index is 13.4. The predicted octanol–water partition coefficient (Wildman–Crippen LogP) is 3.22. The summed E-state index contributed by atoms with van der Waals surface area (Å²) in [5, 5.41) is 0. The molecule has 3 fully saturated rings. The summed E-state index contributed by atoms with van der Waals surface area (Å²) in [4.78, 5) is 42.0. The number of carbonyl (C=O) groups excluding carboxylic acids is 1. The quantitative estimate of drug-likeness (QED) is 0.546. The molecule has 2 aliphatic carbocycles. The van der Waals surface area contributed by atoms with E-state index in [1.54, 1.807) is 11.6 Å². The highest BCUT2D eigenvalue weighted by Crippen LogP contribution is 2.48. The number of aromatic nitrogens is 3. The third-order valence-electron chi connectivity index (χ3n) is 8.81. The molecule has 2 saturated heterocycles. The first-order valence-corrected chi connectivity index (χ1v) is 13.5. The monoisotopic (exact) mass is 500 g/mol. The first kappa shape index (κ1) is 22.6. The van der Waals surface area contributed by atoms with Crippen LogP contribution >= 0.6 is 0 Å².